The molecule has 1 atom stereocenters. The third-order valence-corrected chi connectivity index (χ3v) is 5.76. The largest absolute Gasteiger partial charge is 0.466 e. The molecular formula is C19H21NO6S. The minimum absolute atomic E-state index is 0.172. The molecule has 0 aliphatic carbocycles. The summed E-state index contributed by atoms with van der Waals surface area (Å²) in [6.07, 6.45) is -1.04. The highest BCUT2D eigenvalue weighted by molar-refractivity contribution is 7.92. The summed E-state index contributed by atoms with van der Waals surface area (Å²) in [6, 6.07) is 12.4. The summed E-state index contributed by atoms with van der Waals surface area (Å²) in [6.45, 7) is 3.28. The number of ether oxygens (including phenoxy) is 2. The summed E-state index contributed by atoms with van der Waals surface area (Å²) < 4.78 is 36.0. The van der Waals surface area contributed by atoms with Crippen molar-refractivity contribution >= 4 is 27.6 Å². The van der Waals surface area contributed by atoms with E-state index in [0.29, 0.717) is 5.69 Å². The number of nitrogens with zero attached hydrogens (tertiary/aromatic N) is 1. The lowest BCUT2D eigenvalue weighted by Crippen LogP contribution is -2.27. The Balaban J connectivity index is 2.17. The molecule has 0 heterocycles. The number of hydrogen-bond donors (Lipinski definition) is 0. The predicted octanol–water partition coefficient (Wildman–Crippen LogP) is 2.54. The average Bonchev–Trinajstić information content (AvgIpc) is 2.67. The molecule has 0 N–H and O–H groups in total. The van der Waals surface area contributed by atoms with E-state index in [1.54, 1.807) is 24.3 Å². The molecule has 2 aromatic rings. The molecule has 0 amide bonds. The van der Waals surface area contributed by atoms with E-state index in [-0.39, 0.29) is 10.5 Å². The smallest absolute Gasteiger partial charge is 0.346 e. The number of hydrogen-bond acceptors (Lipinski definition) is 6. The molecule has 0 spiro atoms. The van der Waals surface area contributed by atoms with E-state index in [2.05, 4.69) is 4.74 Å². The highest BCUT2D eigenvalue weighted by Crippen LogP contribution is 2.23. The molecule has 0 aliphatic rings. The molecule has 0 saturated carbocycles. The topological polar surface area (TPSA) is 90.0 Å². The first kappa shape index (κ1) is 20.4. The van der Waals surface area contributed by atoms with Crippen LogP contribution in [0.25, 0.3) is 0 Å². The number of carbonyl (C=O) groups excluding carboxylic acids is 2. The maximum absolute atomic E-state index is 12.7. The second-order valence-electron chi connectivity index (χ2n) is 5.90. The van der Waals surface area contributed by atoms with Gasteiger partial charge in [-0.05, 0) is 50.2 Å². The lowest BCUT2D eigenvalue weighted by atomic mass is 10.2. The minimum Gasteiger partial charge on any atom is -0.466 e. The van der Waals surface area contributed by atoms with E-state index >= 15 is 0 Å². The molecule has 0 unspecified atom stereocenters. The molecule has 8 heteroatoms. The normalized spacial score (nSPS) is 12.1. The first-order chi connectivity index (χ1) is 12.7. The van der Waals surface area contributed by atoms with Gasteiger partial charge in [-0.15, -0.1) is 0 Å². The zero-order valence-corrected chi connectivity index (χ0v) is 16.3. The number of rotatable bonds is 6. The van der Waals surface area contributed by atoms with E-state index in [1.807, 2.05) is 6.92 Å². The van der Waals surface area contributed by atoms with Gasteiger partial charge in [0.15, 0.2) is 6.10 Å². The van der Waals surface area contributed by atoms with Gasteiger partial charge < -0.3 is 9.47 Å². The third kappa shape index (κ3) is 4.65. The molecule has 0 bridgehead atoms. The van der Waals surface area contributed by atoms with E-state index in [4.69, 9.17) is 4.74 Å². The second kappa shape index (κ2) is 8.22. The van der Waals surface area contributed by atoms with Gasteiger partial charge in [0, 0.05) is 7.05 Å². The fraction of sp³-hybridized carbons (Fsp3) is 0.263. The molecular weight excluding hydrogens is 370 g/mol. The lowest BCUT2D eigenvalue weighted by Gasteiger charge is -2.20. The summed E-state index contributed by atoms with van der Waals surface area (Å²) in [4.78, 5) is 23.5. The first-order valence-corrected chi connectivity index (χ1v) is 9.55. The molecule has 0 radical (unpaired) electrons. The Morgan fingerprint density at radius 3 is 2.07 bits per heavy atom. The number of methoxy groups -OCH3 is 1. The van der Waals surface area contributed by atoms with Gasteiger partial charge in [-0.25, -0.2) is 18.0 Å². The molecule has 7 nitrogen and oxygen atoms in total. The van der Waals surface area contributed by atoms with Gasteiger partial charge in [-0.2, -0.15) is 0 Å². The molecule has 0 fully saturated rings. The first-order valence-electron chi connectivity index (χ1n) is 8.11. The van der Waals surface area contributed by atoms with Crippen molar-refractivity contribution in [1.29, 1.82) is 0 Å². The van der Waals surface area contributed by atoms with Gasteiger partial charge >= 0.3 is 11.9 Å². The summed E-state index contributed by atoms with van der Waals surface area (Å²) in [7, 11) is -1.09. The monoisotopic (exact) mass is 391 g/mol. The molecule has 2 aromatic carbocycles. The fourth-order valence-electron chi connectivity index (χ4n) is 2.26. The van der Waals surface area contributed by atoms with E-state index < -0.39 is 28.1 Å². The van der Waals surface area contributed by atoms with Crippen molar-refractivity contribution in [1.82, 2.24) is 0 Å². The minimum atomic E-state index is -3.72. The predicted molar refractivity (Wildman–Crippen MR) is 100 cm³/mol. The highest BCUT2D eigenvalue weighted by atomic mass is 32.2. The number of benzene rings is 2. The van der Waals surface area contributed by atoms with E-state index in [0.717, 1.165) is 9.87 Å². The molecule has 2 rings (SSSR count). The standard InChI is InChI=1S/C19H21NO6S/c1-13-5-11-17(12-6-13)27(23,24)20(3)16-9-7-15(8-10-16)19(22)26-14(2)18(21)25-4/h5-12,14H,1-4H3/t14-/m0/s1. The molecule has 0 saturated heterocycles. The molecule has 0 aromatic heterocycles. The third-order valence-electron chi connectivity index (χ3n) is 3.96. The van der Waals surface area contributed by atoms with E-state index in [9.17, 15) is 18.0 Å². The van der Waals surface area contributed by atoms with Crippen LogP contribution in [0.5, 0.6) is 0 Å². The highest BCUT2D eigenvalue weighted by Gasteiger charge is 2.22. The summed E-state index contributed by atoms with van der Waals surface area (Å²) >= 11 is 0. The van der Waals surface area contributed by atoms with Crippen LogP contribution in [0.1, 0.15) is 22.8 Å². The zero-order chi connectivity index (χ0) is 20.2. The van der Waals surface area contributed by atoms with Crippen LogP contribution in [0, 0.1) is 6.92 Å². The number of esters is 2. The van der Waals surface area contributed by atoms with Gasteiger partial charge in [0.2, 0.25) is 0 Å². The Kier molecular flexibility index (Phi) is 6.22. The van der Waals surface area contributed by atoms with Crippen LogP contribution in [0.15, 0.2) is 53.4 Å². The van der Waals surface area contributed by atoms with Crippen molar-refractivity contribution in [3.63, 3.8) is 0 Å². The van der Waals surface area contributed by atoms with Crippen LogP contribution in [-0.4, -0.2) is 40.6 Å². The Morgan fingerprint density at radius 2 is 1.56 bits per heavy atom. The molecule has 0 aliphatic heterocycles. The summed E-state index contributed by atoms with van der Waals surface area (Å²) in [5.74, 6) is -1.37. The summed E-state index contributed by atoms with van der Waals surface area (Å²) in [5.41, 5.74) is 1.53. The van der Waals surface area contributed by atoms with Crippen LogP contribution in [-0.2, 0) is 24.3 Å². The Hall–Kier alpha value is -2.87. The summed E-state index contributed by atoms with van der Waals surface area (Å²) in [5, 5.41) is 0. The molecule has 27 heavy (non-hydrogen) atoms. The SMILES string of the molecule is COC(=O)[C@H](C)OC(=O)c1ccc(N(C)S(=O)(=O)c2ccc(C)cc2)cc1. The average molecular weight is 391 g/mol. The van der Waals surface area contributed by atoms with Crippen molar-refractivity contribution in [2.45, 2.75) is 24.8 Å². The van der Waals surface area contributed by atoms with Gasteiger partial charge in [0.05, 0.1) is 23.3 Å². The maximum atomic E-state index is 12.7. The van der Waals surface area contributed by atoms with Crippen molar-refractivity contribution in [2.75, 3.05) is 18.5 Å². The van der Waals surface area contributed by atoms with E-state index in [1.165, 1.54) is 45.3 Å². The Morgan fingerprint density at radius 1 is 1.00 bits per heavy atom. The molecule has 144 valence electrons. The van der Waals surface area contributed by atoms with Gasteiger partial charge in [-0.1, -0.05) is 17.7 Å². The van der Waals surface area contributed by atoms with Crippen molar-refractivity contribution in [2.24, 2.45) is 0 Å². The number of carbonyl (C=O) groups is 2. The quantitative estimate of drug-likeness (QED) is 0.703. The van der Waals surface area contributed by atoms with Crippen molar-refractivity contribution in [3.8, 4) is 0 Å². The van der Waals surface area contributed by atoms with Crippen molar-refractivity contribution < 1.29 is 27.5 Å². The Bertz CT molecular complexity index is 920. The van der Waals surface area contributed by atoms with Crippen LogP contribution >= 0.6 is 0 Å². The Labute approximate surface area is 158 Å². The maximum Gasteiger partial charge on any atom is 0.346 e. The van der Waals surface area contributed by atoms with Crippen LogP contribution in [0.4, 0.5) is 5.69 Å². The number of anilines is 1. The van der Waals surface area contributed by atoms with Crippen LogP contribution in [0.2, 0.25) is 0 Å². The van der Waals surface area contributed by atoms with Crippen LogP contribution < -0.4 is 4.31 Å². The second-order valence-corrected chi connectivity index (χ2v) is 7.87. The lowest BCUT2D eigenvalue weighted by molar-refractivity contribution is -0.149. The number of sulfonamides is 1. The zero-order valence-electron chi connectivity index (χ0n) is 15.5. The van der Waals surface area contributed by atoms with Crippen molar-refractivity contribution in [3.05, 3.63) is 59.7 Å². The van der Waals surface area contributed by atoms with Crippen LogP contribution in [0.3, 0.4) is 0 Å². The van der Waals surface area contributed by atoms with Gasteiger partial charge in [-0.3, -0.25) is 4.31 Å². The number of aryl methyl sites for hydroxylation is 1. The fourth-order valence-corrected chi connectivity index (χ4v) is 3.45. The van der Waals surface area contributed by atoms with Gasteiger partial charge in [0.1, 0.15) is 0 Å². The van der Waals surface area contributed by atoms with Gasteiger partial charge in [0.25, 0.3) is 10.0 Å².